The van der Waals surface area contributed by atoms with Gasteiger partial charge >= 0.3 is 0 Å². The van der Waals surface area contributed by atoms with Crippen molar-refractivity contribution in [3.05, 3.63) is 70.3 Å². The highest BCUT2D eigenvalue weighted by atomic mass is 16.1. The molecule has 6 heteroatoms. The number of nitrogens with one attached hydrogen (secondary N) is 2. The van der Waals surface area contributed by atoms with Crippen molar-refractivity contribution in [2.45, 2.75) is 46.2 Å². The third kappa shape index (κ3) is 7.38. The predicted octanol–water partition coefficient (Wildman–Crippen LogP) is 2.91. The fraction of sp³-hybridized carbons (Fsp3) is 0.462. The molecular formula is C26H37N5O. The zero-order valence-electron chi connectivity index (χ0n) is 19.7. The lowest BCUT2D eigenvalue weighted by atomic mass is 9.97. The minimum atomic E-state index is -0.177. The van der Waals surface area contributed by atoms with Gasteiger partial charge in [-0.05, 0) is 56.3 Å². The molecule has 2 aromatic rings. The Morgan fingerprint density at radius 3 is 2.56 bits per heavy atom. The van der Waals surface area contributed by atoms with Crippen LogP contribution in [0.3, 0.4) is 0 Å². The summed E-state index contributed by atoms with van der Waals surface area (Å²) in [4.78, 5) is 18.2. The normalized spacial score (nSPS) is 17.2. The Labute approximate surface area is 192 Å². The van der Waals surface area contributed by atoms with Crippen molar-refractivity contribution in [1.82, 2.24) is 15.5 Å². The SMILES string of the molecule is CN=C(NCCc1cc(C)cc(C)c1)NCc1cccc(CN2CCCC(C(N)=O)C2)c1. The number of likely N-dealkylation sites (tertiary alicyclic amines) is 1. The third-order valence-corrected chi connectivity index (χ3v) is 5.98. The number of nitrogens with zero attached hydrogens (tertiary/aromatic N) is 2. The number of rotatable bonds is 8. The molecule has 1 amide bonds. The van der Waals surface area contributed by atoms with Crippen LogP contribution in [0.5, 0.6) is 0 Å². The van der Waals surface area contributed by atoms with Crippen LogP contribution in [0.15, 0.2) is 47.5 Å². The molecule has 3 rings (SSSR count). The Kier molecular flexibility index (Phi) is 8.68. The molecule has 0 radical (unpaired) electrons. The van der Waals surface area contributed by atoms with E-state index < -0.39 is 0 Å². The summed E-state index contributed by atoms with van der Waals surface area (Å²) in [6.07, 6.45) is 2.89. The molecule has 0 aromatic heterocycles. The Morgan fingerprint density at radius 2 is 1.84 bits per heavy atom. The van der Waals surface area contributed by atoms with Gasteiger partial charge in [0, 0.05) is 33.2 Å². The van der Waals surface area contributed by atoms with Crippen molar-refractivity contribution in [3.63, 3.8) is 0 Å². The Hall–Kier alpha value is -2.86. The van der Waals surface area contributed by atoms with Gasteiger partial charge in [-0.3, -0.25) is 14.7 Å². The van der Waals surface area contributed by atoms with Gasteiger partial charge in [0.1, 0.15) is 0 Å². The second-order valence-corrected chi connectivity index (χ2v) is 8.90. The van der Waals surface area contributed by atoms with Crippen LogP contribution in [0.2, 0.25) is 0 Å². The van der Waals surface area contributed by atoms with E-state index in [4.69, 9.17) is 5.73 Å². The van der Waals surface area contributed by atoms with E-state index in [1.165, 1.54) is 27.8 Å². The van der Waals surface area contributed by atoms with Crippen molar-refractivity contribution < 1.29 is 4.79 Å². The Bertz CT molecular complexity index is 919. The largest absolute Gasteiger partial charge is 0.369 e. The van der Waals surface area contributed by atoms with Gasteiger partial charge in [0.15, 0.2) is 5.96 Å². The van der Waals surface area contributed by atoms with Crippen LogP contribution in [-0.2, 0) is 24.3 Å². The molecule has 0 saturated carbocycles. The number of primary amides is 1. The van der Waals surface area contributed by atoms with Gasteiger partial charge in [-0.25, -0.2) is 0 Å². The molecule has 0 spiro atoms. The lowest BCUT2D eigenvalue weighted by Gasteiger charge is -2.31. The summed E-state index contributed by atoms with van der Waals surface area (Å²) in [7, 11) is 1.80. The number of amides is 1. The fourth-order valence-corrected chi connectivity index (χ4v) is 4.47. The van der Waals surface area contributed by atoms with Gasteiger partial charge < -0.3 is 16.4 Å². The van der Waals surface area contributed by atoms with Crippen molar-refractivity contribution in [2.24, 2.45) is 16.6 Å². The highest BCUT2D eigenvalue weighted by Crippen LogP contribution is 2.18. The van der Waals surface area contributed by atoms with Crippen LogP contribution in [0.1, 0.15) is 40.7 Å². The number of piperidine rings is 1. The topological polar surface area (TPSA) is 82.8 Å². The number of hydrogen-bond donors (Lipinski definition) is 3. The van der Waals surface area contributed by atoms with Crippen LogP contribution in [0, 0.1) is 19.8 Å². The van der Waals surface area contributed by atoms with E-state index in [0.717, 1.165) is 51.4 Å². The van der Waals surface area contributed by atoms with E-state index in [2.05, 4.69) is 76.8 Å². The van der Waals surface area contributed by atoms with Crippen LogP contribution >= 0.6 is 0 Å². The molecule has 0 bridgehead atoms. The number of benzene rings is 2. The first-order chi connectivity index (χ1) is 15.4. The average molecular weight is 436 g/mol. The smallest absolute Gasteiger partial charge is 0.221 e. The highest BCUT2D eigenvalue weighted by Gasteiger charge is 2.23. The molecule has 4 N–H and O–H groups in total. The Morgan fingerprint density at radius 1 is 1.09 bits per heavy atom. The van der Waals surface area contributed by atoms with Crippen LogP contribution in [-0.4, -0.2) is 43.4 Å². The summed E-state index contributed by atoms with van der Waals surface area (Å²) < 4.78 is 0. The molecule has 1 unspecified atom stereocenters. The monoisotopic (exact) mass is 435 g/mol. The molecule has 1 atom stereocenters. The van der Waals surface area contributed by atoms with Gasteiger partial charge in [-0.15, -0.1) is 0 Å². The molecule has 0 aliphatic carbocycles. The van der Waals surface area contributed by atoms with Crippen LogP contribution in [0.4, 0.5) is 0 Å². The molecule has 1 aliphatic rings. The predicted molar refractivity (Wildman–Crippen MR) is 131 cm³/mol. The van der Waals surface area contributed by atoms with E-state index >= 15 is 0 Å². The zero-order chi connectivity index (χ0) is 22.9. The van der Waals surface area contributed by atoms with Gasteiger partial charge in [-0.1, -0.05) is 53.6 Å². The lowest BCUT2D eigenvalue weighted by molar-refractivity contribution is -0.123. The summed E-state index contributed by atoms with van der Waals surface area (Å²) in [6, 6.07) is 15.3. The summed E-state index contributed by atoms with van der Waals surface area (Å²) in [5.74, 6) is 0.607. The number of carbonyl (C=O) groups excluding carboxylic acids is 1. The van der Waals surface area contributed by atoms with Crippen LogP contribution < -0.4 is 16.4 Å². The first kappa shape index (κ1) is 23.8. The highest BCUT2D eigenvalue weighted by molar-refractivity contribution is 5.79. The first-order valence-corrected chi connectivity index (χ1v) is 11.5. The number of carbonyl (C=O) groups is 1. The fourth-order valence-electron chi connectivity index (χ4n) is 4.47. The molecule has 1 fully saturated rings. The maximum absolute atomic E-state index is 11.5. The van der Waals surface area contributed by atoms with Crippen LogP contribution in [0.25, 0.3) is 0 Å². The third-order valence-electron chi connectivity index (χ3n) is 5.98. The number of hydrogen-bond acceptors (Lipinski definition) is 3. The minimum absolute atomic E-state index is 0.0216. The van der Waals surface area contributed by atoms with E-state index in [0.29, 0.717) is 6.54 Å². The van der Waals surface area contributed by atoms with Gasteiger partial charge in [0.05, 0.1) is 5.92 Å². The van der Waals surface area contributed by atoms with Gasteiger partial charge in [-0.2, -0.15) is 0 Å². The number of nitrogens with two attached hydrogens (primary N) is 1. The van der Waals surface area contributed by atoms with Crippen molar-refractivity contribution in [2.75, 3.05) is 26.7 Å². The average Bonchev–Trinajstić information content (AvgIpc) is 2.76. The van der Waals surface area contributed by atoms with E-state index in [1.54, 1.807) is 7.05 Å². The molecule has 32 heavy (non-hydrogen) atoms. The summed E-state index contributed by atoms with van der Waals surface area (Å²) in [5.41, 5.74) is 11.9. The van der Waals surface area contributed by atoms with Crippen molar-refractivity contribution >= 4 is 11.9 Å². The lowest BCUT2D eigenvalue weighted by Crippen LogP contribution is -2.40. The van der Waals surface area contributed by atoms with Gasteiger partial charge in [0.2, 0.25) is 5.91 Å². The van der Waals surface area contributed by atoms with Gasteiger partial charge in [0.25, 0.3) is 0 Å². The number of guanidine groups is 1. The molecule has 172 valence electrons. The van der Waals surface area contributed by atoms with E-state index in [-0.39, 0.29) is 11.8 Å². The maximum Gasteiger partial charge on any atom is 0.221 e. The molecular weight excluding hydrogens is 398 g/mol. The molecule has 6 nitrogen and oxygen atoms in total. The van der Waals surface area contributed by atoms with Crippen molar-refractivity contribution in [1.29, 1.82) is 0 Å². The van der Waals surface area contributed by atoms with E-state index in [1.807, 2.05) is 0 Å². The first-order valence-electron chi connectivity index (χ1n) is 11.5. The minimum Gasteiger partial charge on any atom is -0.369 e. The Balaban J connectivity index is 1.47. The second-order valence-electron chi connectivity index (χ2n) is 8.90. The molecule has 1 aliphatic heterocycles. The van der Waals surface area contributed by atoms with E-state index in [9.17, 15) is 4.79 Å². The summed E-state index contributed by atoms with van der Waals surface area (Å²) >= 11 is 0. The standard InChI is InChI=1S/C26H37N5O/c1-19-12-20(2)14-21(13-19)9-10-29-26(28-3)30-16-22-6-4-7-23(15-22)17-31-11-5-8-24(18-31)25(27)32/h4,6-7,12-15,24H,5,8-11,16-18H2,1-3H3,(H2,27,32)(H2,28,29,30). The summed E-state index contributed by atoms with van der Waals surface area (Å²) in [5, 5.41) is 6.82. The maximum atomic E-state index is 11.5. The molecule has 1 saturated heterocycles. The van der Waals surface area contributed by atoms with Crippen molar-refractivity contribution in [3.8, 4) is 0 Å². The summed E-state index contributed by atoms with van der Waals surface area (Å²) in [6.45, 7) is 8.44. The molecule has 2 aromatic carbocycles. The quantitative estimate of drug-likeness (QED) is 0.440. The molecule has 1 heterocycles. The number of aliphatic imine (C=N–C) groups is 1. The number of aryl methyl sites for hydroxylation is 2. The second kappa shape index (κ2) is 11.7. The zero-order valence-corrected chi connectivity index (χ0v) is 19.7.